The predicted molar refractivity (Wildman–Crippen MR) is 210 cm³/mol. The molecule has 0 bridgehead atoms. The van der Waals surface area contributed by atoms with E-state index in [-0.39, 0.29) is 5.69 Å². The molecule has 6 aromatic rings. The van der Waals surface area contributed by atoms with Gasteiger partial charge in [0.15, 0.2) is 31.3 Å². The van der Waals surface area contributed by atoms with Crippen molar-refractivity contribution < 1.29 is 119 Å². The predicted octanol–water partition coefficient (Wildman–Crippen LogP) is 12.8. The quantitative estimate of drug-likeness (QED) is 0.0659. The van der Waals surface area contributed by atoms with Gasteiger partial charge in [-0.25, -0.2) is 9.37 Å². The van der Waals surface area contributed by atoms with Crippen LogP contribution in [0.1, 0.15) is 60.6 Å². The van der Waals surface area contributed by atoms with Crippen LogP contribution < -0.4 is 26.4 Å². The highest BCUT2D eigenvalue weighted by molar-refractivity contribution is 7.20. The Bertz CT molecular complexity index is 2540. The summed E-state index contributed by atoms with van der Waals surface area (Å²) in [4.78, 5) is 15.0. The number of halogens is 25. The molecule has 3 nitrogen and oxygen atoms in total. The van der Waals surface area contributed by atoms with Crippen molar-refractivity contribution in [3.63, 3.8) is 0 Å². The molecule has 74 heavy (non-hydrogen) atoms. The standard InChI is InChI=1S/C32H12BF24.C13H12FN2O/c34-25(35,36)13-1-14(26(37,38)39)6-21(5-13)33(22-7-15(27(40,41)42)2-16(8-22)28(43,44)45,23-9-17(29(46,47)48)3-18(10-23)30(49,50)51)24-11-19(31(52,53)54)4-20(12-24)32(55,56)57;14-8-13(17)12-10-16(7-6-15-12)9-11-4-2-1-3-5-11/h1-12H;1-7,10H,8-9H2/q-1;+1. The maximum Gasteiger partial charge on any atom is 0.416 e. The molecule has 0 aliphatic carbocycles. The Kier molecular flexibility index (Phi) is 15.8. The lowest BCUT2D eigenvalue weighted by molar-refractivity contribution is -0.689. The molecule has 0 aliphatic heterocycles. The van der Waals surface area contributed by atoms with E-state index in [9.17, 15) is 115 Å². The summed E-state index contributed by atoms with van der Waals surface area (Å²) in [6.07, 6.45) is -50.0. The highest BCUT2D eigenvalue weighted by Crippen LogP contribution is 2.41. The van der Waals surface area contributed by atoms with Gasteiger partial charge in [0.05, 0.1) is 50.7 Å². The monoisotopic (exact) mass is 1090 g/mol. The zero-order valence-corrected chi connectivity index (χ0v) is 35.8. The van der Waals surface area contributed by atoms with E-state index < -0.39 is 207 Å². The minimum Gasteiger partial charge on any atom is -0.289 e. The summed E-state index contributed by atoms with van der Waals surface area (Å²) in [5.74, 6) is -0.590. The first-order chi connectivity index (χ1) is 33.6. The summed E-state index contributed by atoms with van der Waals surface area (Å²) in [7, 11) is 0. The van der Waals surface area contributed by atoms with Crippen molar-refractivity contribution in [3.05, 3.63) is 177 Å². The van der Waals surface area contributed by atoms with Gasteiger partial charge in [-0.3, -0.25) is 4.79 Å². The molecule has 0 fully saturated rings. The largest absolute Gasteiger partial charge is 0.416 e. The third-order valence-electron chi connectivity index (χ3n) is 10.8. The van der Waals surface area contributed by atoms with Gasteiger partial charge in [0.2, 0.25) is 5.78 Å². The molecule has 0 unspecified atom stereocenters. The number of benzene rings is 5. The molecule has 5 aromatic carbocycles. The van der Waals surface area contributed by atoms with Gasteiger partial charge in [0.1, 0.15) is 6.15 Å². The SMILES string of the molecule is FC(F)(F)c1cc([B-](c2cc(C(F)(F)F)cc(C(F)(F)F)c2)(c2cc(C(F)(F)F)cc(C(F)(F)F)c2)c2cc(C(F)(F)F)cc(C(F)(F)F)c2)cc(C(F)(F)F)c1.O=C(CF)c1c[n+](Cc2ccccc2)ccn1. The lowest BCUT2D eigenvalue weighted by Crippen LogP contribution is -2.75. The van der Waals surface area contributed by atoms with Crippen molar-refractivity contribution in [2.75, 3.05) is 6.67 Å². The number of alkyl halides is 25. The van der Waals surface area contributed by atoms with E-state index in [0.717, 1.165) is 5.56 Å². The number of carbonyl (C=O) groups excluding carboxylic acids is 1. The molecule has 0 saturated carbocycles. The Morgan fingerprint density at radius 1 is 0.405 bits per heavy atom. The van der Waals surface area contributed by atoms with Crippen LogP contribution >= 0.6 is 0 Å². The maximum atomic E-state index is 14.2. The third kappa shape index (κ3) is 13.5. The molecule has 398 valence electrons. The first kappa shape index (κ1) is 58.1. The van der Waals surface area contributed by atoms with Crippen LogP contribution in [0.5, 0.6) is 0 Å². The van der Waals surface area contributed by atoms with Gasteiger partial charge in [-0.1, -0.05) is 78.9 Å². The number of nitrogens with zero attached hydrogens (tertiary/aromatic N) is 2. The van der Waals surface area contributed by atoms with Crippen LogP contribution in [0.2, 0.25) is 0 Å². The van der Waals surface area contributed by atoms with Crippen molar-refractivity contribution >= 4 is 33.8 Å². The van der Waals surface area contributed by atoms with E-state index in [2.05, 4.69) is 4.98 Å². The topological polar surface area (TPSA) is 33.8 Å². The fraction of sp³-hybridized carbons (Fsp3) is 0.222. The molecule has 1 aromatic heterocycles. The van der Waals surface area contributed by atoms with Crippen LogP contribution in [0.25, 0.3) is 0 Å². The van der Waals surface area contributed by atoms with Crippen LogP contribution in [0, 0.1) is 0 Å². The van der Waals surface area contributed by atoms with Crippen LogP contribution in [-0.4, -0.2) is 23.6 Å². The number of hydrogen-bond acceptors (Lipinski definition) is 2. The zero-order chi connectivity index (χ0) is 56.0. The number of rotatable bonds is 8. The summed E-state index contributed by atoms with van der Waals surface area (Å²) in [5.41, 5.74) is -28.9. The second-order valence-corrected chi connectivity index (χ2v) is 15.9. The zero-order valence-electron chi connectivity index (χ0n) is 35.8. The number of ketones is 1. The number of hydrogen-bond donors (Lipinski definition) is 0. The fourth-order valence-electron chi connectivity index (χ4n) is 7.61. The second kappa shape index (κ2) is 20.1. The Morgan fingerprint density at radius 2 is 0.662 bits per heavy atom. The highest BCUT2D eigenvalue weighted by Gasteiger charge is 2.47. The first-order valence-electron chi connectivity index (χ1n) is 19.9. The Morgan fingerprint density at radius 3 is 0.892 bits per heavy atom. The highest BCUT2D eigenvalue weighted by atomic mass is 19.4. The molecule has 0 amide bonds. The van der Waals surface area contributed by atoms with Gasteiger partial charge in [-0.15, -0.1) is 0 Å². The summed E-state index contributed by atoms with van der Waals surface area (Å²) in [5, 5.41) is 0. The summed E-state index contributed by atoms with van der Waals surface area (Å²) in [6, 6.07) is 1.01. The lowest BCUT2D eigenvalue weighted by Gasteiger charge is -2.46. The molecule has 6 rings (SSSR count). The van der Waals surface area contributed by atoms with E-state index >= 15 is 0 Å². The molecule has 0 spiro atoms. The minimum atomic E-state index is -6.13. The van der Waals surface area contributed by atoms with Crippen LogP contribution in [0.4, 0.5) is 110 Å². The van der Waals surface area contributed by atoms with Crippen molar-refractivity contribution in [3.8, 4) is 0 Å². The van der Waals surface area contributed by atoms with E-state index in [1.54, 1.807) is 12.4 Å². The molecule has 0 radical (unpaired) electrons. The molecule has 0 saturated heterocycles. The minimum absolute atomic E-state index is 0.158. The van der Waals surface area contributed by atoms with E-state index in [0.29, 0.717) is 6.54 Å². The summed E-state index contributed by atoms with van der Waals surface area (Å²) < 4.78 is 355. The summed E-state index contributed by atoms with van der Waals surface area (Å²) >= 11 is 0. The molecular weight excluding hydrogens is 1070 g/mol. The van der Waals surface area contributed by atoms with Crippen LogP contribution in [0.3, 0.4) is 0 Å². The Labute approximate surface area is 397 Å². The van der Waals surface area contributed by atoms with Crippen LogP contribution in [0.15, 0.2) is 122 Å². The van der Waals surface area contributed by atoms with Gasteiger partial charge < -0.3 is 0 Å². The Hall–Kier alpha value is -6.84. The van der Waals surface area contributed by atoms with Gasteiger partial charge in [-0.05, 0) is 24.3 Å². The van der Waals surface area contributed by atoms with Crippen LogP contribution in [-0.2, 0) is 56.0 Å². The average molecular weight is 1090 g/mol. The molecular formula is C45H24BF25N2O. The van der Waals surface area contributed by atoms with Gasteiger partial charge in [0.25, 0.3) is 0 Å². The summed E-state index contributed by atoms with van der Waals surface area (Å²) in [6.45, 7) is -0.377. The van der Waals surface area contributed by atoms with Crippen molar-refractivity contribution in [2.24, 2.45) is 0 Å². The molecule has 0 N–H and O–H groups in total. The van der Waals surface area contributed by atoms with Gasteiger partial charge in [-0.2, -0.15) is 132 Å². The molecule has 0 aliphatic rings. The van der Waals surface area contributed by atoms with E-state index in [1.807, 2.05) is 34.9 Å². The second-order valence-electron chi connectivity index (χ2n) is 15.9. The smallest absolute Gasteiger partial charge is 0.289 e. The van der Waals surface area contributed by atoms with Gasteiger partial charge >= 0.3 is 49.4 Å². The normalized spacial score (nSPS) is 13.4. The molecule has 1 heterocycles. The maximum absolute atomic E-state index is 14.2. The lowest BCUT2D eigenvalue weighted by atomic mass is 9.12. The molecule has 29 heteroatoms. The Balaban J connectivity index is 0.000000500. The first-order valence-corrected chi connectivity index (χ1v) is 19.9. The number of Topliss-reactive ketones (excluding diaryl/α,β-unsaturated/α-hetero) is 1. The van der Waals surface area contributed by atoms with E-state index in [4.69, 9.17) is 0 Å². The van der Waals surface area contributed by atoms with Gasteiger partial charge in [0, 0.05) is 5.56 Å². The third-order valence-corrected chi connectivity index (χ3v) is 10.8. The average Bonchev–Trinajstić information content (AvgIpc) is 3.27. The van der Waals surface area contributed by atoms with Crippen molar-refractivity contribution in [2.45, 2.75) is 56.0 Å². The number of carbonyl (C=O) groups is 1. The van der Waals surface area contributed by atoms with Crippen molar-refractivity contribution in [1.82, 2.24) is 4.98 Å². The fourth-order valence-corrected chi connectivity index (χ4v) is 7.61. The molecule has 0 atom stereocenters. The van der Waals surface area contributed by atoms with Crippen molar-refractivity contribution in [1.29, 1.82) is 0 Å². The number of aromatic nitrogens is 2. The van der Waals surface area contributed by atoms with E-state index in [1.165, 1.54) is 6.20 Å².